The molecule has 0 radical (unpaired) electrons. The molecule has 6 nitrogen and oxygen atoms in total. The predicted molar refractivity (Wildman–Crippen MR) is 137 cm³/mol. The summed E-state index contributed by atoms with van der Waals surface area (Å²) >= 11 is 0. The van der Waals surface area contributed by atoms with Crippen molar-refractivity contribution in [2.45, 2.75) is 57.3 Å². The normalized spacial score (nSPS) is 31.2. The molecule has 3 rings (SSSR count). The number of benzene rings is 1. The van der Waals surface area contributed by atoms with Gasteiger partial charge in [-0.25, -0.2) is 0 Å². The molecule has 0 saturated heterocycles. The van der Waals surface area contributed by atoms with Crippen molar-refractivity contribution in [1.82, 2.24) is 5.32 Å². The van der Waals surface area contributed by atoms with Crippen molar-refractivity contribution in [3.63, 3.8) is 0 Å². The maximum atomic E-state index is 13.0. The molecular formula is C29H35NO5. The smallest absolute Gasteiger partial charge is 0.244 e. The molecule has 186 valence electrons. The molecular weight excluding hydrogens is 442 g/mol. The van der Waals surface area contributed by atoms with Gasteiger partial charge in [0.25, 0.3) is 0 Å². The Morgan fingerprint density at radius 1 is 1.06 bits per heavy atom. The van der Waals surface area contributed by atoms with Gasteiger partial charge in [0.05, 0.1) is 12.1 Å². The molecule has 35 heavy (non-hydrogen) atoms. The number of allylic oxidation sites excluding steroid dienone is 7. The number of ketones is 1. The van der Waals surface area contributed by atoms with Gasteiger partial charge in [0.15, 0.2) is 5.78 Å². The van der Waals surface area contributed by atoms with Crippen molar-refractivity contribution >= 4 is 11.7 Å². The summed E-state index contributed by atoms with van der Waals surface area (Å²) < 4.78 is 5.35. The third-order valence-corrected chi connectivity index (χ3v) is 6.33. The minimum absolute atomic E-state index is 0.0444. The number of methoxy groups -OCH3 is 1. The number of carbonyl (C=O) groups is 2. The number of aliphatic hydroxyl groups excluding tert-OH is 2. The Labute approximate surface area is 207 Å². The van der Waals surface area contributed by atoms with E-state index in [1.807, 2.05) is 61.6 Å². The highest BCUT2D eigenvalue weighted by Gasteiger charge is 2.36. The molecule has 0 fully saturated rings. The number of hydrogen-bond acceptors (Lipinski definition) is 5. The Balaban J connectivity index is 1.84. The number of ether oxygens (including phenoxy) is 1. The van der Waals surface area contributed by atoms with Crippen LogP contribution in [0.5, 0.6) is 0 Å². The molecule has 1 amide bonds. The van der Waals surface area contributed by atoms with Crippen LogP contribution in [0.1, 0.15) is 50.6 Å². The highest BCUT2D eigenvalue weighted by molar-refractivity contribution is 5.97. The van der Waals surface area contributed by atoms with Crippen LogP contribution in [-0.4, -0.2) is 41.2 Å². The lowest BCUT2D eigenvalue weighted by atomic mass is 9.92. The average molecular weight is 478 g/mol. The number of hydrogen-bond donors (Lipinski definition) is 3. The fraction of sp³-hybridized carbons (Fsp3) is 0.379. The maximum absolute atomic E-state index is 13.0. The fourth-order valence-electron chi connectivity index (χ4n) is 4.50. The SMILES string of the molecule is COC1CC2/C=C(C)/C=C\C=C\C(=O)NC(c3ccccc3)C/C=C/CCC(O)CC(=O)C2=C1O. The van der Waals surface area contributed by atoms with Gasteiger partial charge in [0.1, 0.15) is 11.9 Å². The number of fused-ring (bicyclic) bond motifs is 1. The Morgan fingerprint density at radius 2 is 1.80 bits per heavy atom. The standard InChI is InChI=1S/C29H35NO5/c1-20-11-9-10-16-27(33)30-24(21-12-5-3-6-13-21)15-8-4-7-14-23(31)19-25(32)28-22(17-20)18-26(35-2)29(28)34/h3-6,8-13,16-17,22-24,26,31,34H,7,14-15,18-19H2,1-2H3,(H,30,33)/b8-4+,11-9-,16-10+,20-17+. The number of carbonyl (C=O) groups excluding carboxylic acids is 2. The lowest BCUT2D eigenvalue weighted by Gasteiger charge is -2.17. The highest BCUT2D eigenvalue weighted by atomic mass is 16.5. The molecule has 1 heterocycles. The van der Waals surface area contributed by atoms with Gasteiger partial charge < -0.3 is 20.3 Å². The monoisotopic (exact) mass is 477 g/mol. The van der Waals surface area contributed by atoms with Crippen LogP contribution in [0.25, 0.3) is 0 Å². The van der Waals surface area contributed by atoms with Gasteiger partial charge in [-0.05, 0) is 38.2 Å². The summed E-state index contributed by atoms with van der Waals surface area (Å²) in [5, 5.41) is 24.1. The fourth-order valence-corrected chi connectivity index (χ4v) is 4.50. The zero-order chi connectivity index (χ0) is 25.2. The molecule has 1 aliphatic carbocycles. The lowest BCUT2D eigenvalue weighted by Crippen LogP contribution is -2.26. The second-order valence-electron chi connectivity index (χ2n) is 9.03. The first kappa shape index (κ1) is 26.4. The Hall–Kier alpha value is -3.22. The van der Waals surface area contributed by atoms with E-state index in [-0.39, 0.29) is 35.8 Å². The first-order chi connectivity index (χ1) is 16.9. The summed E-state index contributed by atoms with van der Waals surface area (Å²) in [6.07, 6.45) is 13.4. The zero-order valence-corrected chi connectivity index (χ0v) is 20.4. The van der Waals surface area contributed by atoms with Gasteiger partial charge >= 0.3 is 0 Å². The molecule has 6 heteroatoms. The van der Waals surface area contributed by atoms with E-state index >= 15 is 0 Å². The Bertz CT molecular complexity index is 1030. The van der Waals surface area contributed by atoms with E-state index in [9.17, 15) is 19.8 Å². The summed E-state index contributed by atoms with van der Waals surface area (Å²) in [5.74, 6) is -0.790. The Morgan fingerprint density at radius 3 is 2.54 bits per heavy atom. The van der Waals surface area contributed by atoms with Gasteiger partial charge in [-0.3, -0.25) is 9.59 Å². The lowest BCUT2D eigenvalue weighted by molar-refractivity contribution is -0.118. The molecule has 1 aromatic rings. The van der Waals surface area contributed by atoms with Crippen LogP contribution >= 0.6 is 0 Å². The molecule has 3 N–H and O–H groups in total. The number of amides is 1. The second kappa shape index (κ2) is 13.0. The van der Waals surface area contributed by atoms with Gasteiger partial charge in [0.2, 0.25) is 5.91 Å². The van der Waals surface area contributed by atoms with Gasteiger partial charge in [-0.15, -0.1) is 0 Å². The van der Waals surface area contributed by atoms with Crippen LogP contribution in [0, 0.1) is 5.92 Å². The van der Waals surface area contributed by atoms with Crippen LogP contribution in [-0.2, 0) is 14.3 Å². The van der Waals surface area contributed by atoms with Crippen molar-refractivity contribution in [3.05, 3.63) is 95.3 Å². The molecule has 4 unspecified atom stereocenters. The molecule has 0 spiro atoms. The van der Waals surface area contributed by atoms with E-state index in [0.29, 0.717) is 31.3 Å². The van der Waals surface area contributed by atoms with Crippen molar-refractivity contribution in [1.29, 1.82) is 0 Å². The maximum Gasteiger partial charge on any atom is 0.244 e. The first-order valence-electron chi connectivity index (χ1n) is 12.1. The average Bonchev–Trinajstić information content (AvgIpc) is 3.15. The molecule has 2 aliphatic rings. The van der Waals surface area contributed by atoms with Crippen molar-refractivity contribution in [2.24, 2.45) is 5.92 Å². The molecule has 0 saturated carbocycles. The van der Waals surface area contributed by atoms with Gasteiger partial charge in [-0.2, -0.15) is 0 Å². The third-order valence-electron chi connectivity index (χ3n) is 6.33. The van der Waals surface area contributed by atoms with Crippen LogP contribution < -0.4 is 5.32 Å². The first-order valence-corrected chi connectivity index (χ1v) is 12.1. The topological polar surface area (TPSA) is 95.9 Å². The third kappa shape index (κ3) is 7.64. The van der Waals surface area contributed by atoms with E-state index in [0.717, 1.165) is 11.1 Å². The summed E-state index contributed by atoms with van der Waals surface area (Å²) in [4.78, 5) is 25.5. The highest BCUT2D eigenvalue weighted by Crippen LogP contribution is 2.36. The molecule has 0 bridgehead atoms. The summed E-state index contributed by atoms with van der Waals surface area (Å²) in [6.45, 7) is 1.90. The van der Waals surface area contributed by atoms with Gasteiger partial charge in [-0.1, -0.05) is 72.4 Å². The number of Topliss-reactive ketones (excluding diaryl/α,β-unsaturated/α-hetero) is 1. The largest absolute Gasteiger partial charge is 0.509 e. The van der Waals surface area contributed by atoms with E-state index < -0.39 is 12.2 Å². The van der Waals surface area contributed by atoms with Crippen LogP contribution in [0.3, 0.4) is 0 Å². The van der Waals surface area contributed by atoms with Crippen LogP contribution in [0.15, 0.2) is 89.8 Å². The van der Waals surface area contributed by atoms with E-state index in [1.54, 1.807) is 12.2 Å². The number of nitrogens with one attached hydrogen (secondary N) is 1. The summed E-state index contributed by atoms with van der Waals surface area (Å²) in [7, 11) is 1.51. The van der Waals surface area contributed by atoms with Crippen molar-refractivity contribution < 1.29 is 24.5 Å². The minimum Gasteiger partial charge on any atom is -0.509 e. The summed E-state index contributed by atoms with van der Waals surface area (Å²) in [6, 6.07) is 9.61. The predicted octanol–water partition coefficient (Wildman–Crippen LogP) is 4.81. The van der Waals surface area contributed by atoms with Crippen LogP contribution in [0.4, 0.5) is 0 Å². The second-order valence-corrected chi connectivity index (χ2v) is 9.03. The zero-order valence-electron chi connectivity index (χ0n) is 20.4. The van der Waals surface area contributed by atoms with Gasteiger partial charge in [0, 0.05) is 31.1 Å². The number of aliphatic hydroxyl groups is 2. The summed E-state index contributed by atoms with van der Waals surface area (Å²) in [5.41, 5.74) is 2.22. The van der Waals surface area contributed by atoms with Crippen molar-refractivity contribution in [2.75, 3.05) is 7.11 Å². The molecule has 0 aromatic heterocycles. The number of rotatable bonds is 2. The van der Waals surface area contributed by atoms with E-state index in [4.69, 9.17) is 4.74 Å². The van der Waals surface area contributed by atoms with Crippen molar-refractivity contribution in [3.8, 4) is 0 Å². The quantitative estimate of drug-likeness (QED) is 0.532. The minimum atomic E-state index is -0.810. The van der Waals surface area contributed by atoms with E-state index in [2.05, 4.69) is 5.32 Å². The molecule has 4 atom stereocenters. The van der Waals surface area contributed by atoms with Crippen LogP contribution in [0.2, 0.25) is 0 Å². The molecule has 1 aliphatic heterocycles. The van der Waals surface area contributed by atoms with E-state index in [1.165, 1.54) is 13.2 Å². The Kier molecular flexibility index (Phi) is 9.82. The molecule has 1 aromatic carbocycles.